The normalized spacial score (nSPS) is 19.8. The van der Waals surface area contributed by atoms with Crippen LogP contribution in [0, 0.1) is 0 Å². The third-order valence-corrected chi connectivity index (χ3v) is 2.80. The van der Waals surface area contributed by atoms with Gasteiger partial charge in [-0.3, -0.25) is 0 Å². The molecule has 16 heavy (non-hydrogen) atoms. The van der Waals surface area contributed by atoms with Gasteiger partial charge < -0.3 is 5.32 Å². The summed E-state index contributed by atoms with van der Waals surface area (Å²) in [7, 11) is 0. The summed E-state index contributed by atoms with van der Waals surface area (Å²) in [6, 6.07) is 0. The lowest BCUT2D eigenvalue weighted by molar-refractivity contribution is 0.945. The van der Waals surface area contributed by atoms with Crippen molar-refractivity contribution in [1.82, 2.24) is 5.32 Å². The van der Waals surface area contributed by atoms with E-state index in [2.05, 4.69) is 48.4 Å². The van der Waals surface area contributed by atoms with Crippen molar-refractivity contribution in [2.24, 2.45) is 0 Å². The summed E-state index contributed by atoms with van der Waals surface area (Å²) < 4.78 is 0. The Labute approximate surface area is 97.2 Å². The van der Waals surface area contributed by atoms with Crippen LogP contribution < -0.4 is 5.32 Å². The minimum Gasteiger partial charge on any atom is -0.358 e. The number of nitrogens with one attached hydrogen (secondary N) is 1. The second-order valence-corrected chi connectivity index (χ2v) is 4.02. The molecule has 2 rings (SSSR count). The van der Waals surface area contributed by atoms with Crippen molar-refractivity contribution in [3.05, 3.63) is 71.7 Å². The van der Waals surface area contributed by atoms with Crippen LogP contribution in [0.1, 0.15) is 19.8 Å². The Morgan fingerprint density at radius 3 is 2.81 bits per heavy atom. The Bertz CT molecular complexity index is 442. The third-order valence-electron chi connectivity index (χ3n) is 2.80. The van der Waals surface area contributed by atoms with E-state index in [0.29, 0.717) is 0 Å². The Hall–Kier alpha value is -1.76. The highest BCUT2D eigenvalue weighted by atomic mass is 14.9. The molecule has 1 nitrogen and oxygen atoms in total. The molecule has 2 bridgehead atoms. The Balaban J connectivity index is 2.43. The summed E-state index contributed by atoms with van der Waals surface area (Å²) in [6.45, 7) is 5.93. The zero-order valence-corrected chi connectivity index (χ0v) is 9.66. The minimum absolute atomic E-state index is 0.984. The highest BCUT2D eigenvalue weighted by Crippen LogP contribution is 2.27. The van der Waals surface area contributed by atoms with Crippen LogP contribution in [0.25, 0.3) is 0 Å². The molecule has 0 atom stereocenters. The van der Waals surface area contributed by atoms with Gasteiger partial charge in [-0.25, -0.2) is 0 Å². The first-order valence-corrected chi connectivity index (χ1v) is 5.64. The molecule has 2 aliphatic rings. The maximum atomic E-state index is 3.90. The molecule has 0 unspecified atom stereocenters. The lowest BCUT2D eigenvalue weighted by Gasteiger charge is -2.09. The van der Waals surface area contributed by atoms with Crippen molar-refractivity contribution in [3.63, 3.8) is 0 Å². The fourth-order valence-electron chi connectivity index (χ4n) is 2.02. The van der Waals surface area contributed by atoms with Gasteiger partial charge >= 0.3 is 0 Å². The van der Waals surface area contributed by atoms with Crippen LogP contribution in [0.5, 0.6) is 0 Å². The number of rotatable bonds is 2. The Morgan fingerprint density at radius 2 is 2.06 bits per heavy atom. The van der Waals surface area contributed by atoms with Gasteiger partial charge in [0.05, 0.1) is 0 Å². The molecular weight excluding hydrogens is 194 g/mol. The van der Waals surface area contributed by atoms with Crippen LogP contribution >= 0.6 is 0 Å². The summed E-state index contributed by atoms with van der Waals surface area (Å²) in [5, 5.41) is 3.48. The molecule has 0 aromatic carbocycles. The highest BCUT2D eigenvalue weighted by Gasteiger charge is 2.13. The molecule has 0 spiro atoms. The summed E-state index contributed by atoms with van der Waals surface area (Å²) in [5.41, 5.74) is 5.12. The quantitative estimate of drug-likeness (QED) is 0.733. The van der Waals surface area contributed by atoms with Crippen LogP contribution in [0.4, 0.5) is 0 Å². The predicted octanol–water partition coefficient (Wildman–Crippen LogP) is 3.77. The van der Waals surface area contributed by atoms with Crippen LogP contribution in [-0.2, 0) is 0 Å². The van der Waals surface area contributed by atoms with Gasteiger partial charge in [-0.05, 0) is 31.1 Å². The molecule has 1 aliphatic carbocycles. The molecule has 0 aromatic rings. The van der Waals surface area contributed by atoms with Crippen molar-refractivity contribution in [2.45, 2.75) is 19.8 Å². The van der Waals surface area contributed by atoms with Crippen LogP contribution in [0.15, 0.2) is 71.7 Å². The van der Waals surface area contributed by atoms with Crippen molar-refractivity contribution in [2.75, 3.05) is 0 Å². The average Bonchev–Trinajstić information content (AvgIpc) is 2.60. The van der Waals surface area contributed by atoms with Gasteiger partial charge in [0.2, 0.25) is 0 Å². The molecular formula is C15H17N. The first kappa shape index (κ1) is 10.7. The smallest absolute Gasteiger partial charge is 0.0414 e. The molecule has 0 saturated carbocycles. The van der Waals surface area contributed by atoms with Gasteiger partial charge in [-0.1, -0.05) is 42.5 Å². The topological polar surface area (TPSA) is 12.0 Å². The van der Waals surface area contributed by atoms with E-state index < -0.39 is 0 Å². The molecule has 1 N–H and O–H groups in total. The summed E-state index contributed by atoms with van der Waals surface area (Å²) in [4.78, 5) is 0. The fourth-order valence-corrected chi connectivity index (χ4v) is 2.02. The first-order valence-electron chi connectivity index (χ1n) is 5.64. The molecule has 0 amide bonds. The van der Waals surface area contributed by atoms with Crippen molar-refractivity contribution in [1.29, 1.82) is 0 Å². The second-order valence-electron chi connectivity index (χ2n) is 4.02. The fraction of sp³-hybridized carbons (Fsp3) is 0.200. The molecule has 1 aliphatic heterocycles. The molecule has 0 aromatic heterocycles. The number of allylic oxidation sites excluding steroid dienone is 9. The molecule has 0 radical (unpaired) electrons. The van der Waals surface area contributed by atoms with E-state index in [0.717, 1.165) is 12.8 Å². The van der Waals surface area contributed by atoms with Crippen molar-refractivity contribution >= 4 is 0 Å². The van der Waals surface area contributed by atoms with Crippen LogP contribution in [-0.4, -0.2) is 0 Å². The molecule has 0 fully saturated rings. The van der Waals surface area contributed by atoms with E-state index in [1.165, 1.54) is 22.5 Å². The van der Waals surface area contributed by atoms with Gasteiger partial charge in [0, 0.05) is 17.8 Å². The maximum absolute atomic E-state index is 3.90. The van der Waals surface area contributed by atoms with Crippen molar-refractivity contribution < 1.29 is 0 Å². The Morgan fingerprint density at radius 1 is 1.25 bits per heavy atom. The van der Waals surface area contributed by atoms with E-state index in [4.69, 9.17) is 0 Å². The molecule has 0 saturated heterocycles. The largest absolute Gasteiger partial charge is 0.358 e. The van der Waals surface area contributed by atoms with Gasteiger partial charge in [0.1, 0.15) is 0 Å². The summed E-state index contributed by atoms with van der Waals surface area (Å²) in [6.07, 6.45) is 16.6. The number of fused-ring (bicyclic) bond motifs is 2. The summed E-state index contributed by atoms with van der Waals surface area (Å²) >= 11 is 0. The second kappa shape index (κ2) is 4.84. The van der Waals surface area contributed by atoms with Gasteiger partial charge in [-0.2, -0.15) is 0 Å². The van der Waals surface area contributed by atoms with E-state index in [9.17, 15) is 0 Å². The minimum atomic E-state index is 0.984. The van der Waals surface area contributed by atoms with Gasteiger partial charge in [-0.15, -0.1) is 0 Å². The third kappa shape index (κ3) is 2.25. The lowest BCUT2D eigenvalue weighted by Crippen LogP contribution is -2.10. The standard InChI is InChI=1S/C15H17N/c1-3-7-15-13(4-2)10-12-8-5-6-9-14(11-12)16-15/h3-9,16H,2,10-11H2,1H3/b7-3-. The monoisotopic (exact) mass is 211 g/mol. The van der Waals surface area contributed by atoms with Gasteiger partial charge in [0.15, 0.2) is 0 Å². The van der Waals surface area contributed by atoms with E-state index in [1.807, 2.05) is 13.0 Å². The van der Waals surface area contributed by atoms with Crippen molar-refractivity contribution in [3.8, 4) is 0 Å². The van der Waals surface area contributed by atoms with Crippen LogP contribution in [0.2, 0.25) is 0 Å². The van der Waals surface area contributed by atoms with E-state index in [-0.39, 0.29) is 0 Å². The Kier molecular flexibility index (Phi) is 3.25. The maximum Gasteiger partial charge on any atom is 0.0414 e. The molecule has 1 heterocycles. The zero-order valence-electron chi connectivity index (χ0n) is 9.66. The SMILES string of the molecule is C=CC1=C(/C=C\C)NC2=CC=CC=C(C2)C1. The molecule has 82 valence electrons. The number of hydrogen-bond donors (Lipinski definition) is 1. The first-order chi connectivity index (χ1) is 7.83. The lowest BCUT2D eigenvalue weighted by atomic mass is 10.0. The summed E-state index contributed by atoms with van der Waals surface area (Å²) in [5.74, 6) is 0. The van der Waals surface area contributed by atoms with E-state index in [1.54, 1.807) is 0 Å². The number of hydrogen-bond acceptors (Lipinski definition) is 1. The average molecular weight is 211 g/mol. The zero-order chi connectivity index (χ0) is 11.4. The van der Waals surface area contributed by atoms with E-state index >= 15 is 0 Å². The van der Waals surface area contributed by atoms with Crippen LogP contribution in [0.3, 0.4) is 0 Å². The van der Waals surface area contributed by atoms with Gasteiger partial charge in [0.25, 0.3) is 0 Å². The predicted molar refractivity (Wildman–Crippen MR) is 69.7 cm³/mol. The molecule has 1 heteroatoms. The highest BCUT2D eigenvalue weighted by molar-refractivity contribution is 5.43.